The fourth-order valence-corrected chi connectivity index (χ4v) is 4.31. The average molecular weight is 404 g/mol. The van der Waals surface area contributed by atoms with Crippen LogP contribution in [0, 0.1) is 13.8 Å². The predicted octanol–water partition coefficient (Wildman–Crippen LogP) is 3.90. The second-order valence-corrected chi connectivity index (χ2v) is 9.55. The van der Waals surface area contributed by atoms with Crippen molar-refractivity contribution in [2.24, 2.45) is 0 Å². The van der Waals surface area contributed by atoms with Gasteiger partial charge in [-0.2, -0.15) is 0 Å². The number of hydrogen-bond acceptors (Lipinski definition) is 6. The standard InChI is InChI=1S/C19H21N3O3S2/c1-13-8-14(2)10-16(9-13)18-20-21-19(25-18)26-12-15-6-5-7-17(11-15)27(23,24)22(3)4/h5-11H,12H2,1-4H3. The molecular formula is C19H21N3O3S2. The molecule has 0 saturated heterocycles. The van der Waals surface area contributed by atoms with Crippen LogP contribution in [0.25, 0.3) is 11.5 Å². The third-order valence-corrected chi connectivity index (χ3v) is 6.62. The Morgan fingerprint density at radius 3 is 2.41 bits per heavy atom. The number of aromatic nitrogens is 2. The van der Waals surface area contributed by atoms with Crippen molar-refractivity contribution < 1.29 is 12.8 Å². The fraction of sp³-hybridized carbons (Fsp3) is 0.263. The van der Waals surface area contributed by atoms with Crippen LogP contribution in [0.15, 0.2) is 57.0 Å². The van der Waals surface area contributed by atoms with Gasteiger partial charge in [0.1, 0.15) is 0 Å². The van der Waals surface area contributed by atoms with Crippen molar-refractivity contribution in [1.82, 2.24) is 14.5 Å². The van der Waals surface area contributed by atoms with Gasteiger partial charge in [-0.1, -0.05) is 41.1 Å². The Kier molecular flexibility index (Phi) is 5.69. The van der Waals surface area contributed by atoms with Crippen LogP contribution in [0.2, 0.25) is 0 Å². The van der Waals surface area contributed by atoms with Crippen molar-refractivity contribution in [3.8, 4) is 11.5 Å². The summed E-state index contributed by atoms with van der Waals surface area (Å²) in [6.07, 6.45) is 0. The summed E-state index contributed by atoms with van der Waals surface area (Å²) >= 11 is 1.38. The van der Waals surface area contributed by atoms with Gasteiger partial charge in [0.2, 0.25) is 15.9 Å². The molecule has 0 aliphatic heterocycles. The summed E-state index contributed by atoms with van der Waals surface area (Å²) < 4.78 is 31.5. The minimum absolute atomic E-state index is 0.270. The molecule has 8 heteroatoms. The molecule has 1 heterocycles. The third kappa shape index (κ3) is 4.58. The number of rotatable bonds is 6. The molecule has 1 aromatic heterocycles. The SMILES string of the molecule is Cc1cc(C)cc(-c2nnc(SCc3cccc(S(=O)(=O)N(C)C)c3)o2)c1. The molecule has 0 N–H and O–H groups in total. The topological polar surface area (TPSA) is 76.3 Å². The van der Waals surface area contributed by atoms with Crippen molar-refractivity contribution in [2.75, 3.05) is 14.1 Å². The molecule has 0 aliphatic carbocycles. The smallest absolute Gasteiger partial charge is 0.277 e. The summed E-state index contributed by atoms with van der Waals surface area (Å²) in [5.41, 5.74) is 4.03. The molecule has 2 aromatic carbocycles. The molecule has 0 aliphatic rings. The highest BCUT2D eigenvalue weighted by molar-refractivity contribution is 7.98. The summed E-state index contributed by atoms with van der Waals surface area (Å²) in [6.45, 7) is 4.05. The highest BCUT2D eigenvalue weighted by Gasteiger charge is 2.17. The Morgan fingerprint density at radius 2 is 1.74 bits per heavy atom. The van der Waals surface area contributed by atoms with E-state index in [9.17, 15) is 8.42 Å². The molecule has 0 radical (unpaired) electrons. The molecule has 142 valence electrons. The van der Waals surface area contributed by atoms with Crippen molar-refractivity contribution in [1.29, 1.82) is 0 Å². The Bertz CT molecular complexity index is 1040. The van der Waals surface area contributed by atoms with Crippen LogP contribution in [0.5, 0.6) is 0 Å². The first-order valence-electron chi connectivity index (χ1n) is 8.32. The molecule has 3 rings (SSSR count). The van der Waals surface area contributed by atoms with Crippen LogP contribution in [0.4, 0.5) is 0 Å². The van der Waals surface area contributed by atoms with Crippen LogP contribution in [-0.2, 0) is 15.8 Å². The molecule has 3 aromatic rings. The zero-order valence-corrected chi connectivity index (χ0v) is 17.3. The summed E-state index contributed by atoms with van der Waals surface area (Å²) in [4.78, 5) is 0.270. The zero-order chi connectivity index (χ0) is 19.6. The van der Waals surface area contributed by atoms with E-state index < -0.39 is 10.0 Å². The van der Waals surface area contributed by atoms with Gasteiger partial charge in [-0.3, -0.25) is 0 Å². The summed E-state index contributed by atoms with van der Waals surface area (Å²) in [6, 6.07) is 13.0. The third-order valence-electron chi connectivity index (χ3n) is 3.91. The van der Waals surface area contributed by atoms with Crippen LogP contribution in [-0.4, -0.2) is 37.0 Å². The van der Waals surface area contributed by atoms with E-state index in [0.29, 0.717) is 16.9 Å². The quantitative estimate of drug-likeness (QED) is 0.581. The first-order chi connectivity index (χ1) is 12.8. The van der Waals surface area contributed by atoms with E-state index in [1.807, 2.05) is 32.0 Å². The lowest BCUT2D eigenvalue weighted by atomic mass is 10.1. The minimum Gasteiger partial charge on any atom is -0.411 e. The lowest BCUT2D eigenvalue weighted by Crippen LogP contribution is -2.22. The monoisotopic (exact) mass is 403 g/mol. The van der Waals surface area contributed by atoms with Crippen molar-refractivity contribution >= 4 is 21.8 Å². The predicted molar refractivity (Wildman–Crippen MR) is 106 cm³/mol. The Balaban J connectivity index is 1.74. The van der Waals surface area contributed by atoms with Crippen LogP contribution < -0.4 is 0 Å². The van der Waals surface area contributed by atoms with E-state index in [1.54, 1.807) is 18.2 Å². The molecule has 0 amide bonds. The van der Waals surface area contributed by atoms with Crippen molar-refractivity contribution in [3.63, 3.8) is 0 Å². The van der Waals surface area contributed by atoms with E-state index in [2.05, 4.69) is 16.3 Å². The average Bonchev–Trinajstić information content (AvgIpc) is 3.08. The highest BCUT2D eigenvalue weighted by Crippen LogP contribution is 2.27. The molecule has 6 nitrogen and oxygen atoms in total. The number of thioether (sulfide) groups is 1. The van der Waals surface area contributed by atoms with Gasteiger partial charge in [0.15, 0.2) is 0 Å². The lowest BCUT2D eigenvalue weighted by molar-refractivity contribution is 0.466. The second-order valence-electron chi connectivity index (χ2n) is 6.47. The van der Waals surface area contributed by atoms with E-state index in [1.165, 1.54) is 30.2 Å². The lowest BCUT2D eigenvalue weighted by Gasteiger charge is -2.11. The largest absolute Gasteiger partial charge is 0.411 e. The van der Waals surface area contributed by atoms with Gasteiger partial charge >= 0.3 is 0 Å². The number of nitrogens with zero attached hydrogens (tertiary/aromatic N) is 3. The minimum atomic E-state index is -3.45. The van der Waals surface area contributed by atoms with Gasteiger partial charge in [0.25, 0.3) is 5.22 Å². The van der Waals surface area contributed by atoms with Crippen LogP contribution in [0.1, 0.15) is 16.7 Å². The number of sulfonamides is 1. The van der Waals surface area contributed by atoms with E-state index >= 15 is 0 Å². The molecule has 0 bridgehead atoms. The van der Waals surface area contributed by atoms with Gasteiger partial charge in [0.05, 0.1) is 4.90 Å². The first kappa shape index (κ1) is 19.6. The van der Waals surface area contributed by atoms with Gasteiger partial charge in [-0.25, -0.2) is 12.7 Å². The Labute approximate surface area is 163 Å². The number of benzene rings is 2. The van der Waals surface area contributed by atoms with Crippen LogP contribution in [0.3, 0.4) is 0 Å². The maximum Gasteiger partial charge on any atom is 0.277 e. The normalized spacial score (nSPS) is 11.9. The molecule has 0 saturated carbocycles. The van der Waals surface area contributed by atoms with Gasteiger partial charge in [-0.15, -0.1) is 10.2 Å². The maximum atomic E-state index is 12.3. The number of hydrogen-bond donors (Lipinski definition) is 0. The van der Waals surface area contributed by atoms with E-state index in [0.717, 1.165) is 22.3 Å². The zero-order valence-electron chi connectivity index (χ0n) is 15.6. The molecule has 0 unspecified atom stereocenters. The molecule has 0 atom stereocenters. The van der Waals surface area contributed by atoms with E-state index in [-0.39, 0.29) is 4.90 Å². The van der Waals surface area contributed by atoms with Crippen molar-refractivity contribution in [2.45, 2.75) is 29.7 Å². The van der Waals surface area contributed by atoms with Gasteiger partial charge < -0.3 is 4.42 Å². The van der Waals surface area contributed by atoms with Crippen LogP contribution >= 0.6 is 11.8 Å². The summed E-state index contributed by atoms with van der Waals surface area (Å²) in [7, 11) is -0.415. The molecule has 0 fully saturated rings. The van der Waals surface area contributed by atoms with Gasteiger partial charge in [0, 0.05) is 25.4 Å². The summed E-state index contributed by atoms with van der Waals surface area (Å²) in [5, 5.41) is 8.66. The Morgan fingerprint density at radius 1 is 1.04 bits per heavy atom. The maximum absolute atomic E-state index is 12.3. The Hall–Kier alpha value is -2.16. The highest BCUT2D eigenvalue weighted by atomic mass is 32.2. The van der Waals surface area contributed by atoms with Gasteiger partial charge in [-0.05, 0) is 43.7 Å². The molecule has 0 spiro atoms. The van der Waals surface area contributed by atoms with Crippen molar-refractivity contribution in [3.05, 3.63) is 59.2 Å². The number of aryl methyl sites for hydroxylation is 2. The fourth-order valence-electron chi connectivity index (χ4n) is 2.63. The second kappa shape index (κ2) is 7.84. The first-order valence-corrected chi connectivity index (χ1v) is 10.7. The molecular weight excluding hydrogens is 382 g/mol. The van der Waals surface area contributed by atoms with E-state index in [4.69, 9.17) is 4.42 Å². The summed E-state index contributed by atoms with van der Waals surface area (Å²) in [5.74, 6) is 1.01. The molecule has 27 heavy (non-hydrogen) atoms.